The summed E-state index contributed by atoms with van der Waals surface area (Å²) in [7, 11) is 0. The number of rotatable bonds is 18. The van der Waals surface area contributed by atoms with E-state index in [0.29, 0.717) is 0 Å². The normalized spacial score (nSPS) is 16.4. The van der Waals surface area contributed by atoms with Crippen molar-refractivity contribution in [1.29, 1.82) is 0 Å². The molecule has 0 saturated heterocycles. The van der Waals surface area contributed by atoms with E-state index >= 15 is 0 Å². The van der Waals surface area contributed by atoms with E-state index in [2.05, 4.69) is 0 Å². The Labute approximate surface area is 231 Å². The minimum absolute atomic E-state index is 0.0183. The van der Waals surface area contributed by atoms with Gasteiger partial charge < -0.3 is 0 Å². The third-order valence-electron chi connectivity index (χ3n) is 6.35. The fourth-order valence-electron chi connectivity index (χ4n) is 3.53. The van der Waals surface area contributed by atoms with Crippen LogP contribution in [0.2, 0.25) is 0 Å². The third-order valence-corrected chi connectivity index (χ3v) is 6.35. The van der Waals surface area contributed by atoms with Crippen LogP contribution in [0.3, 0.4) is 0 Å². The first-order valence-corrected chi connectivity index (χ1v) is 13.0. The second kappa shape index (κ2) is 13.7. The molecule has 0 radical (unpaired) electrons. The molecular formula is C24H30F15N3. The molecule has 0 N–H and O–H groups in total. The maximum Gasteiger partial charge on any atom is 0.371 e. The van der Waals surface area contributed by atoms with Crippen molar-refractivity contribution in [2.24, 2.45) is 0 Å². The number of halogens is 15. The molecule has 0 aromatic carbocycles. The molecule has 0 aliphatic heterocycles. The number of alkyl halides is 15. The number of hydrogen-bond donors (Lipinski definition) is 0. The summed E-state index contributed by atoms with van der Waals surface area (Å²) in [5.41, 5.74) is 0. The number of unbranched alkanes of at least 4 members (excludes halogenated alkanes) is 3. The van der Waals surface area contributed by atoms with Crippen molar-refractivity contribution in [1.82, 2.24) is 15.0 Å². The van der Waals surface area contributed by atoms with Crippen LogP contribution in [0, 0.1) is 0 Å². The second-order valence-electron chi connectivity index (χ2n) is 9.73. The molecule has 0 spiro atoms. The Bertz CT molecular complexity index is 867. The predicted molar refractivity (Wildman–Crippen MR) is 120 cm³/mol. The van der Waals surface area contributed by atoms with Crippen molar-refractivity contribution in [3.8, 4) is 0 Å². The smallest absolute Gasteiger partial charge is 0.241 e. The quantitative estimate of drug-likeness (QED) is 0.149. The molecule has 0 bridgehead atoms. The van der Waals surface area contributed by atoms with Crippen LogP contribution >= 0.6 is 0 Å². The first kappa shape index (κ1) is 38.0. The Hall–Kier alpha value is -2.04. The summed E-state index contributed by atoms with van der Waals surface area (Å²) in [6.07, 6.45) is -16.7. The van der Waals surface area contributed by atoms with Crippen LogP contribution in [0.5, 0.6) is 0 Å². The van der Waals surface area contributed by atoms with Gasteiger partial charge in [0.2, 0.25) is 17.5 Å². The highest BCUT2D eigenvalue weighted by Gasteiger charge is 2.70. The average Bonchev–Trinajstić information content (AvgIpc) is 2.92. The van der Waals surface area contributed by atoms with E-state index in [1.54, 1.807) is 0 Å². The largest absolute Gasteiger partial charge is 0.371 e. The van der Waals surface area contributed by atoms with Gasteiger partial charge >= 0.3 is 35.5 Å². The summed E-state index contributed by atoms with van der Waals surface area (Å²) in [4.78, 5) is 6.11. The molecule has 1 rings (SSSR count). The molecule has 0 fully saturated rings. The summed E-state index contributed by atoms with van der Waals surface area (Å²) >= 11 is 0. The van der Waals surface area contributed by atoms with E-state index in [-0.39, 0.29) is 19.3 Å². The Balaban J connectivity index is 4.00. The highest BCUT2D eigenvalue weighted by Crippen LogP contribution is 2.51. The average molecular weight is 645 g/mol. The predicted octanol–water partition coefficient (Wildman–Crippen LogP) is 9.64. The standard InChI is InChI=1S/C24H30F15N3/c1-4-7-10-13(25)19(28,29)22(34,35)16-40-17(23(36,37)20(30,31)14(26)11-8-5-2)42-18(41-16)24(38,39)21(32,33)15(27)12-9-6-3/h13-15H,4-12H2,1-3H3. The van der Waals surface area contributed by atoms with Gasteiger partial charge in [0.25, 0.3) is 0 Å². The Morgan fingerprint density at radius 2 is 0.619 bits per heavy atom. The van der Waals surface area contributed by atoms with Gasteiger partial charge in [-0.2, -0.15) is 52.7 Å². The van der Waals surface area contributed by atoms with Crippen molar-refractivity contribution in [2.75, 3.05) is 0 Å². The van der Waals surface area contributed by atoms with Crippen LogP contribution in [0.4, 0.5) is 65.9 Å². The summed E-state index contributed by atoms with van der Waals surface area (Å²) in [6, 6.07) is 0. The molecule has 0 aliphatic carbocycles. The topological polar surface area (TPSA) is 38.7 Å². The SMILES string of the molecule is CCCCC(F)C(F)(F)C(F)(F)c1nc(C(F)(F)C(F)(F)C(F)CCCC)nc(C(F)(F)C(F)(F)C(F)CCCC)n1. The minimum Gasteiger partial charge on any atom is -0.241 e. The Kier molecular flexibility index (Phi) is 12.4. The van der Waals surface area contributed by atoms with Crippen LogP contribution in [-0.2, 0) is 17.8 Å². The number of nitrogens with zero attached hydrogens (tertiary/aromatic N) is 3. The monoisotopic (exact) mass is 645 g/mol. The first-order chi connectivity index (χ1) is 19.0. The lowest BCUT2D eigenvalue weighted by Crippen LogP contribution is -2.51. The van der Waals surface area contributed by atoms with Crippen LogP contribution in [0.25, 0.3) is 0 Å². The van der Waals surface area contributed by atoms with Crippen molar-refractivity contribution in [3.05, 3.63) is 17.5 Å². The molecule has 0 aliphatic rings. The van der Waals surface area contributed by atoms with E-state index in [0.717, 1.165) is 0 Å². The summed E-state index contributed by atoms with van der Waals surface area (Å²) < 4.78 is 218. The molecule has 246 valence electrons. The molecule has 3 atom stereocenters. The maximum atomic E-state index is 14.8. The van der Waals surface area contributed by atoms with Crippen molar-refractivity contribution in [2.45, 2.75) is 133 Å². The zero-order valence-corrected chi connectivity index (χ0v) is 22.6. The zero-order chi connectivity index (χ0) is 32.9. The van der Waals surface area contributed by atoms with Gasteiger partial charge in [-0.3, -0.25) is 0 Å². The van der Waals surface area contributed by atoms with Gasteiger partial charge in [-0.05, 0) is 19.3 Å². The van der Waals surface area contributed by atoms with Gasteiger partial charge in [0.1, 0.15) is 0 Å². The van der Waals surface area contributed by atoms with Gasteiger partial charge in [0.05, 0.1) is 0 Å². The highest BCUT2D eigenvalue weighted by atomic mass is 19.3. The molecule has 3 nitrogen and oxygen atoms in total. The molecule has 42 heavy (non-hydrogen) atoms. The third kappa shape index (κ3) is 7.18. The lowest BCUT2D eigenvalue weighted by atomic mass is 9.99. The fraction of sp³-hybridized carbons (Fsp3) is 0.875. The molecule has 1 heterocycles. The zero-order valence-electron chi connectivity index (χ0n) is 22.6. The van der Waals surface area contributed by atoms with E-state index in [1.165, 1.54) is 20.8 Å². The van der Waals surface area contributed by atoms with E-state index < -0.39 is 110 Å². The highest BCUT2D eigenvalue weighted by molar-refractivity contribution is 5.17. The lowest BCUT2D eigenvalue weighted by Gasteiger charge is -2.32. The van der Waals surface area contributed by atoms with Gasteiger partial charge in [-0.1, -0.05) is 59.3 Å². The van der Waals surface area contributed by atoms with Crippen molar-refractivity contribution in [3.63, 3.8) is 0 Å². The molecule has 18 heteroatoms. The summed E-state index contributed by atoms with van der Waals surface area (Å²) in [5.74, 6) is -46.4. The molecule has 3 unspecified atom stereocenters. The summed E-state index contributed by atoms with van der Waals surface area (Å²) in [5, 5.41) is 0. The fourth-order valence-corrected chi connectivity index (χ4v) is 3.53. The van der Waals surface area contributed by atoms with E-state index in [9.17, 15) is 65.9 Å². The summed E-state index contributed by atoms with van der Waals surface area (Å²) in [6.45, 7) is 3.99. The van der Waals surface area contributed by atoms with Crippen LogP contribution in [0.1, 0.15) is 96.0 Å². The Morgan fingerprint density at radius 3 is 0.786 bits per heavy atom. The second-order valence-corrected chi connectivity index (χ2v) is 9.73. The van der Waals surface area contributed by atoms with Gasteiger partial charge in [-0.25, -0.2) is 28.1 Å². The van der Waals surface area contributed by atoms with Crippen molar-refractivity contribution < 1.29 is 65.9 Å². The molecule has 0 amide bonds. The van der Waals surface area contributed by atoms with Gasteiger partial charge in [-0.15, -0.1) is 0 Å². The number of aromatic nitrogens is 3. The van der Waals surface area contributed by atoms with Gasteiger partial charge in [0, 0.05) is 0 Å². The van der Waals surface area contributed by atoms with E-state index in [4.69, 9.17) is 0 Å². The van der Waals surface area contributed by atoms with Crippen LogP contribution in [-0.4, -0.2) is 51.2 Å². The molecule has 1 aromatic heterocycles. The number of hydrogen-bond acceptors (Lipinski definition) is 3. The van der Waals surface area contributed by atoms with E-state index in [1.807, 2.05) is 15.0 Å². The van der Waals surface area contributed by atoms with Gasteiger partial charge in [0.15, 0.2) is 18.5 Å². The van der Waals surface area contributed by atoms with Crippen LogP contribution < -0.4 is 0 Å². The van der Waals surface area contributed by atoms with Crippen LogP contribution in [0.15, 0.2) is 0 Å². The Morgan fingerprint density at radius 1 is 0.429 bits per heavy atom. The molecular weight excluding hydrogens is 615 g/mol. The molecule has 1 aromatic rings. The maximum absolute atomic E-state index is 14.8. The molecule has 0 saturated carbocycles. The van der Waals surface area contributed by atoms with Crippen molar-refractivity contribution >= 4 is 0 Å². The first-order valence-electron chi connectivity index (χ1n) is 13.0. The minimum atomic E-state index is -6.27. The lowest BCUT2D eigenvalue weighted by molar-refractivity contribution is -0.262.